The fourth-order valence-corrected chi connectivity index (χ4v) is 2.12. The maximum absolute atomic E-state index is 13.1. The van der Waals surface area contributed by atoms with E-state index in [0.29, 0.717) is 0 Å². The van der Waals surface area contributed by atoms with E-state index < -0.39 is 10.7 Å². The smallest absolute Gasteiger partial charge is 0.292 e. The van der Waals surface area contributed by atoms with Gasteiger partial charge in [0.25, 0.3) is 5.69 Å². The SMILES string of the molecule is O=C(CC1CCCN1)Nc1cc(F)ccc1[N+](=O)[O-]. The Labute approximate surface area is 109 Å². The lowest BCUT2D eigenvalue weighted by Gasteiger charge is -2.10. The van der Waals surface area contributed by atoms with Crippen molar-refractivity contribution in [2.45, 2.75) is 25.3 Å². The molecular formula is C12H14FN3O3. The third kappa shape index (κ3) is 3.47. The Kier molecular flexibility index (Phi) is 4.06. The molecule has 1 aromatic carbocycles. The van der Waals surface area contributed by atoms with Crippen molar-refractivity contribution in [1.29, 1.82) is 0 Å². The van der Waals surface area contributed by atoms with E-state index in [1.54, 1.807) is 0 Å². The highest BCUT2D eigenvalue weighted by atomic mass is 19.1. The van der Waals surface area contributed by atoms with Crippen LogP contribution in [0.1, 0.15) is 19.3 Å². The second-order valence-corrected chi connectivity index (χ2v) is 4.46. The molecule has 1 heterocycles. The van der Waals surface area contributed by atoms with E-state index >= 15 is 0 Å². The number of halogens is 1. The third-order valence-electron chi connectivity index (χ3n) is 3.02. The van der Waals surface area contributed by atoms with Crippen LogP contribution in [-0.4, -0.2) is 23.4 Å². The van der Waals surface area contributed by atoms with Crippen LogP contribution in [0.25, 0.3) is 0 Å². The monoisotopic (exact) mass is 267 g/mol. The fourth-order valence-electron chi connectivity index (χ4n) is 2.12. The van der Waals surface area contributed by atoms with Gasteiger partial charge in [-0.3, -0.25) is 14.9 Å². The van der Waals surface area contributed by atoms with Crippen molar-refractivity contribution in [3.63, 3.8) is 0 Å². The average molecular weight is 267 g/mol. The summed E-state index contributed by atoms with van der Waals surface area (Å²) in [6.07, 6.45) is 2.14. The van der Waals surface area contributed by atoms with Crippen molar-refractivity contribution in [1.82, 2.24) is 5.32 Å². The van der Waals surface area contributed by atoms with Crippen LogP contribution in [0, 0.1) is 15.9 Å². The van der Waals surface area contributed by atoms with E-state index in [-0.39, 0.29) is 29.7 Å². The fraction of sp³-hybridized carbons (Fsp3) is 0.417. The number of nitro benzene ring substituents is 1. The zero-order chi connectivity index (χ0) is 13.8. The van der Waals surface area contributed by atoms with Crippen LogP contribution in [0.3, 0.4) is 0 Å². The summed E-state index contributed by atoms with van der Waals surface area (Å²) in [4.78, 5) is 21.9. The van der Waals surface area contributed by atoms with Gasteiger partial charge in [-0.05, 0) is 25.5 Å². The molecule has 1 aliphatic rings. The second-order valence-electron chi connectivity index (χ2n) is 4.46. The summed E-state index contributed by atoms with van der Waals surface area (Å²) in [6.45, 7) is 0.873. The van der Waals surface area contributed by atoms with Gasteiger partial charge in [0.2, 0.25) is 5.91 Å². The van der Waals surface area contributed by atoms with Gasteiger partial charge in [-0.2, -0.15) is 0 Å². The largest absolute Gasteiger partial charge is 0.320 e. The molecule has 7 heteroatoms. The summed E-state index contributed by atoms with van der Waals surface area (Å²) in [6, 6.07) is 3.08. The number of anilines is 1. The number of hydrogen-bond acceptors (Lipinski definition) is 4. The normalized spacial score (nSPS) is 18.3. The lowest BCUT2D eigenvalue weighted by molar-refractivity contribution is -0.384. The Morgan fingerprint density at radius 3 is 3.00 bits per heavy atom. The highest BCUT2D eigenvalue weighted by Gasteiger charge is 2.20. The second kappa shape index (κ2) is 5.75. The first-order valence-electron chi connectivity index (χ1n) is 6.03. The zero-order valence-electron chi connectivity index (χ0n) is 10.2. The summed E-state index contributed by atoms with van der Waals surface area (Å²) >= 11 is 0. The van der Waals surface area contributed by atoms with Gasteiger partial charge in [-0.25, -0.2) is 4.39 Å². The van der Waals surface area contributed by atoms with Crippen molar-refractivity contribution in [3.8, 4) is 0 Å². The van der Waals surface area contributed by atoms with Gasteiger partial charge >= 0.3 is 0 Å². The average Bonchev–Trinajstić information content (AvgIpc) is 2.81. The van der Waals surface area contributed by atoms with Crippen LogP contribution in [-0.2, 0) is 4.79 Å². The topological polar surface area (TPSA) is 84.3 Å². The molecule has 1 saturated heterocycles. The number of carbonyl (C=O) groups excluding carboxylic acids is 1. The summed E-state index contributed by atoms with van der Waals surface area (Å²) in [5.74, 6) is -0.979. The van der Waals surface area contributed by atoms with Crippen LogP contribution in [0.2, 0.25) is 0 Å². The Bertz CT molecular complexity index is 501. The van der Waals surface area contributed by atoms with E-state index in [1.165, 1.54) is 0 Å². The molecule has 2 rings (SSSR count). The van der Waals surface area contributed by atoms with E-state index in [0.717, 1.165) is 37.6 Å². The standard InChI is InChI=1S/C12H14FN3O3/c13-8-3-4-11(16(18)19)10(6-8)15-12(17)7-9-2-1-5-14-9/h3-4,6,9,14H,1-2,5,7H2,(H,15,17). The number of nitrogens with zero attached hydrogens (tertiary/aromatic N) is 1. The Balaban J connectivity index is 2.06. The summed E-state index contributed by atoms with van der Waals surface area (Å²) in [5, 5.41) is 16.3. The molecule has 1 aliphatic heterocycles. The van der Waals surface area contributed by atoms with Crippen molar-refractivity contribution in [2.24, 2.45) is 0 Å². The number of nitrogens with one attached hydrogen (secondary N) is 2. The van der Waals surface area contributed by atoms with Crippen LogP contribution in [0.15, 0.2) is 18.2 Å². The van der Waals surface area contributed by atoms with Crippen molar-refractivity contribution in [3.05, 3.63) is 34.1 Å². The molecule has 1 aromatic rings. The van der Waals surface area contributed by atoms with Crippen molar-refractivity contribution in [2.75, 3.05) is 11.9 Å². The van der Waals surface area contributed by atoms with Gasteiger partial charge in [0, 0.05) is 24.6 Å². The molecule has 19 heavy (non-hydrogen) atoms. The van der Waals surface area contributed by atoms with Gasteiger partial charge in [0.1, 0.15) is 11.5 Å². The minimum absolute atomic E-state index is 0.0904. The lowest BCUT2D eigenvalue weighted by Crippen LogP contribution is -2.27. The first-order chi connectivity index (χ1) is 9.06. The molecule has 0 saturated carbocycles. The Morgan fingerprint density at radius 2 is 2.37 bits per heavy atom. The number of benzene rings is 1. The molecule has 1 amide bonds. The van der Waals surface area contributed by atoms with E-state index in [1.807, 2.05) is 0 Å². The number of amides is 1. The highest BCUT2D eigenvalue weighted by molar-refractivity contribution is 5.93. The van der Waals surface area contributed by atoms with E-state index in [9.17, 15) is 19.3 Å². The van der Waals surface area contributed by atoms with E-state index in [2.05, 4.69) is 10.6 Å². The van der Waals surface area contributed by atoms with Gasteiger partial charge in [-0.1, -0.05) is 0 Å². The predicted molar refractivity (Wildman–Crippen MR) is 67.3 cm³/mol. The first-order valence-corrected chi connectivity index (χ1v) is 6.03. The predicted octanol–water partition coefficient (Wildman–Crippen LogP) is 1.81. The van der Waals surface area contributed by atoms with Crippen molar-refractivity contribution < 1.29 is 14.1 Å². The molecule has 6 nitrogen and oxygen atoms in total. The van der Waals surface area contributed by atoms with E-state index in [4.69, 9.17) is 0 Å². The number of rotatable bonds is 4. The van der Waals surface area contributed by atoms with Crippen LogP contribution >= 0.6 is 0 Å². The van der Waals surface area contributed by atoms with Gasteiger partial charge in [0.05, 0.1) is 4.92 Å². The quantitative estimate of drug-likeness (QED) is 0.643. The molecule has 2 N–H and O–H groups in total. The number of hydrogen-bond donors (Lipinski definition) is 2. The summed E-state index contributed by atoms with van der Waals surface area (Å²) < 4.78 is 13.1. The van der Waals surface area contributed by atoms with Crippen LogP contribution in [0.5, 0.6) is 0 Å². The summed E-state index contributed by atoms with van der Waals surface area (Å²) in [5.41, 5.74) is -0.415. The maximum atomic E-state index is 13.1. The Morgan fingerprint density at radius 1 is 1.58 bits per heavy atom. The number of nitro groups is 1. The maximum Gasteiger partial charge on any atom is 0.292 e. The summed E-state index contributed by atoms with van der Waals surface area (Å²) in [7, 11) is 0. The van der Waals surface area contributed by atoms with Crippen LogP contribution in [0.4, 0.5) is 15.8 Å². The first kappa shape index (κ1) is 13.4. The molecule has 0 aliphatic carbocycles. The lowest BCUT2D eigenvalue weighted by atomic mass is 10.1. The van der Waals surface area contributed by atoms with Crippen molar-refractivity contribution >= 4 is 17.3 Å². The molecular weight excluding hydrogens is 253 g/mol. The Hall–Kier alpha value is -2.02. The zero-order valence-corrected chi connectivity index (χ0v) is 10.2. The molecule has 0 aromatic heterocycles. The molecule has 0 spiro atoms. The molecule has 1 unspecified atom stereocenters. The number of carbonyl (C=O) groups is 1. The molecule has 1 atom stereocenters. The van der Waals surface area contributed by atoms with Gasteiger partial charge < -0.3 is 10.6 Å². The van der Waals surface area contributed by atoms with Gasteiger partial charge in [-0.15, -0.1) is 0 Å². The molecule has 0 radical (unpaired) electrons. The van der Waals surface area contributed by atoms with Gasteiger partial charge in [0.15, 0.2) is 0 Å². The molecule has 102 valence electrons. The highest BCUT2D eigenvalue weighted by Crippen LogP contribution is 2.25. The third-order valence-corrected chi connectivity index (χ3v) is 3.02. The van der Waals surface area contributed by atoms with Crippen LogP contribution < -0.4 is 10.6 Å². The minimum Gasteiger partial charge on any atom is -0.320 e. The molecule has 0 bridgehead atoms. The molecule has 1 fully saturated rings. The minimum atomic E-state index is -0.650.